The lowest BCUT2D eigenvalue weighted by molar-refractivity contribution is 0.189. The van der Waals surface area contributed by atoms with Crippen LogP contribution in [0.4, 0.5) is 0 Å². The van der Waals surface area contributed by atoms with Crippen LogP contribution in [-0.2, 0) is 13.2 Å². The maximum Gasteiger partial charge on any atom is 0.130 e. The standard InChI is InChI=1S/C15H20N2O2/c1-4-17-13(9-11(2)16-17)10-19-15-8-6-5-7-14(15)12(3)18/h5-9,12,18H,4,10H2,1-3H3. The molecule has 4 nitrogen and oxygen atoms in total. The predicted molar refractivity (Wildman–Crippen MR) is 74.0 cm³/mol. The smallest absolute Gasteiger partial charge is 0.130 e. The minimum atomic E-state index is -0.533. The zero-order chi connectivity index (χ0) is 13.8. The molecule has 0 bridgehead atoms. The second-order valence-electron chi connectivity index (χ2n) is 4.60. The molecule has 1 heterocycles. The summed E-state index contributed by atoms with van der Waals surface area (Å²) in [6.45, 7) is 7.05. The molecule has 1 atom stereocenters. The topological polar surface area (TPSA) is 47.3 Å². The molecule has 2 aromatic rings. The van der Waals surface area contributed by atoms with Crippen molar-refractivity contribution in [2.75, 3.05) is 0 Å². The number of benzene rings is 1. The van der Waals surface area contributed by atoms with Gasteiger partial charge < -0.3 is 9.84 Å². The number of nitrogens with zero attached hydrogens (tertiary/aromatic N) is 2. The first-order valence-electron chi connectivity index (χ1n) is 6.55. The van der Waals surface area contributed by atoms with Crippen LogP contribution < -0.4 is 4.74 Å². The molecule has 0 aliphatic carbocycles. The van der Waals surface area contributed by atoms with Crippen molar-refractivity contribution in [3.8, 4) is 5.75 Å². The number of rotatable bonds is 5. The van der Waals surface area contributed by atoms with E-state index in [1.165, 1.54) is 0 Å². The number of ether oxygens (including phenoxy) is 1. The lowest BCUT2D eigenvalue weighted by atomic mass is 10.1. The van der Waals surface area contributed by atoms with Gasteiger partial charge in [-0.15, -0.1) is 0 Å². The molecule has 1 N–H and O–H groups in total. The summed E-state index contributed by atoms with van der Waals surface area (Å²) in [6, 6.07) is 9.58. The molecule has 0 radical (unpaired) electrons. The molecule has 0 spiro atoms. The van der Waals surface area contributed by atoms with Gasteiger partial charge in [0, 0.05) is 12.1 Å². The van der Waals surface area contributed by atoms with Gasteiger partial charge in [0.05, 0.1) is 17.5 Å². The number of aromatic nitrogens is 2. The Morgan fingerprint density at radius 1 is 1.37 bits per heavy atom. The van der Waals surface area contributed by atoms with Crippen LogP contribution in [0.1, 0.15) is 36.9 Å². The predicted octanol–water partition coefficient (Wildman–Crippen LogP) is 2.84. The zero-order valence-corrected chi connectivity index (χ0v) is 11.6. The van der Waals surface area contributed by atoms with Crippen LogP contribution in [-0.4, -0.2) is 14.9 Å². The molecule has 102 valence electrons. The van der Waals surface area contributed by atoms with Crippen LogP contribution in [0, 0.1) is 6.92 Å². The average Bonchev–Trinajstić information content (AvgIpc) is 2.77. The highest BCUT2D eigenvalue weighted by atomic mass is 16.5. The molecule has 1 unspecified atom stereocenters. The summed E-state index contributed by atoms with van der Waals surface area (Å²) in [5, 5.41) is 14.1. The highest BCUT2D eigenvalue weighted by Crippen LogP contribution is 2.25. The fourth-order valence-corrected chi connectivity index (χ4v) is 2.10. The van der Waals surface area contributed by atoms with Crippen molar-refractivity contribution in [3.05, 3.63) is 47.3 Å². The number of hydrogen-bond donors (Lipinski definition) is 1. The van der Waals surface area contributed by atoms with Gasteiger partial charge in [0.15, 0.2) is 0 Å². The molecule has 0 aliphatic heterocycles. The van der Waals surface area contributed by atoms with Crippen molar-refractivity contribution in [2.24, 2.45) is 0 Å². The number of aliphatic hydroxyl groups excluding tert-OH is 1. The second kappa shape index (κ2) is 5.89. The van der Waals surface area contributed by atoms with Crippen LogP contribution in [0.15, 0.2) is 30.3 Å². The van der Waals surface area contributed by atoms with E-state index < -0.39 is 6.10 Å². The first kappa shape index (κ1) is 13.6. The Labute approximate surface area is 113 Å². The van der Waals surface area contributed by atoms with E-state index in [0.29, 0.717) is 6.61 Å². The Morgan fingerprint density at radius 3 is 2.79 bits per heavy atom. The molecule has 0 fully saturated rings. The minimum Gasteiger partial charge on any atom is -0.487 e. The van der Waals surface area contributed by atoms with Gasteiger partial charge in [-0.25, -0.2) is 0 Å². The lowest BCUT2D eigenvalue weighted by Crippen LogP contribution is -2.07. The fraction of sp³-hybridized carbons (Fsp3) is 0.400. The Morgan fingerprint density at radius 2 is 2.11 bits per heavy atom. The van der Waals surface area contributed by atoms with Crippen LogP contribution in [0.3, 0.4) is 0 Å². The van der Waals surface area contributed by atoms with E-state index in [0.717, 1.165) is 29.2 Å². The average molecular weight is 260 g/mol. The molecule has 0 saturated carbocycles. The van der Waals surface area contributed by atoms with Crippen LogP contribution in [0.25, 0.3) is 0 Å². The van der Waals surface area contributed by atoms with E-state index in [-0.39, 0.29) is 0 Å². The maximum absolute atomic E-state index is 9.71. The quantitative estimate of drug-likeness (QED) is 0.899. The second-order valence-corrected chi connectivity index (χ2v) is 4.60. The Kier molecular flexibility index (Phi) is 4.22. The number of aryl methyl sites for hydroxylation is 2. The zero-order valence-electron chi connectivity index (χ0n) is 11.6. The molecule has 19 heavy (non-hydrogen) atoms. The maximum atomic E-state index is 9.71. The van der Waals surface area contributed by atoms with Crippen molar-refractivity contribution < 1.29 is 9.84 Å². The van der Waals surface area contributed by atoms with E-state index in [9.17, 15) is 5.11 Å². The number of para-hydroxylation sites is 1. The van der Waals surface area contributed by atoms with Gasteiger partial charge >= 0.3 is 0 Å². The van der Waals surface area contributed by atoms with Gasteiger partial charge in [0.1, 0.15) is 12.4 Å². The third kappa shape index (κ3) is 3.15. The van der Waals surface area contributed by atoms with E-state index in [1.54, 1.807) is 6.92 Å². The highest BCUT2D eigenvalue weighted by molar-refractivity contribution is 5.34. The van der Waals surface area contributed by atoms with Gasteiger partial charge in [0.25, 0.3) is 0 Å². The van der Waals surface area contributed by atoms with Crippen molar-refractivity contribution in [1.29, 1.82) is 0 Å². The number of aliphatic hydroxyl groups is 1. The Hall–Kier alpha value is -1.81. The molecular weight excluding hydrogens is 240 g/mol. The van der Waals surface area contributed by atoms with Gasteiger partial charge in [-0.1, -0.05) is 18.2 Å². The van der Waals surface area contributed by atoms with Crippen molar-refractivity contribution in [2.45, 2.75) is 40.0 Å². The summed E-state index contributed by atoms with van der Waals surface area (Å²) >= 11 is 0. The van der Waals surface area contributed by atoms with Crippen LogP contribution >= 0.6 is 0 Å². The summed E-state index contributed by atoms with van der Waals surface area (Å²) in [7, 11) is 0. The van der Waals surface area contributed by atoms with Crippen molar-refractivity contribution in [3.63, 3.8) is 0 Å². The third-order valence-corrected chi connectivity index (χ3v) is 3.03. The molecule has 2 rings (SSSR count). The van der Waals surface area contributed by atoms with E-state index in [2.05, 4.69) is 12.0 Å². The SMILES string of the molecule is CCn1nc(C)cc1COc1ccccc1C(C)O. The lowest BCUT2D eigenvalue weighted by Gasteiger charge is -2.13. The molecule has 1 aromatic heterocycles. The first-order chi connectivity index (χ1) is 9.11. The summed E-state index contributed by atoms with van der Waals surface area (Å²) in [5.74, 6) is 0.721. The van der Waals surface area contributed by atoms with Crippen LogP contribution in [0.5, 0.6) is 5.75 Å². The molecule has 0 saturated heterocycles. The van der Waals surface area contributed by atoms with Gasteiger partial charge in [0.2, 0.25) is 0 Å². The summed E-state index contributed by atoms with van der Waals surface area (Å²) in [5.41, 5.74) is 2.84. The van der Waals surface area contributed by atoms with Gasteiger partial charge in [-0.3, -0.25) is 4.68 Å². The third-order valence-electron chi connectivity index (χ3n) is 3.03. The largest absolute Gasteiger partial charge is 0.487 e. The van der Waals surface area contributed by atoms with Crippen molar-refractivity contribution >= 4 is 0 Å². The van der Waals surface area contributed by atoms with Crippen molar-refractivity contribution in [1.82, 2.24) is 9.78 Å². The normalized spacial score (nSPS) is 12.4. The molecule has 0 amide bonds. The summed E-state index contributed by atoms with van der Waals surface area (Å²) in [6.07, 6.45) is -0.533. The van der Waals surface area contributed by atoms with E-state index >= 15 is 0 Å². The summed E-state index contributed by atoms with van der Waals surface area (Å²) < 4.78 is 7.75. The van der Waals surface area contributed by atoms with Gasteiger partial charge in [-0.2, -0.15) is 5.10 Å². The first-order valence-corrected chi connectivity index (χ1v) is 6.55. The Bertz CT molecular complexity index is 547. The molecule has 1 aromatic carbocycles. The molecule has 4 heteroatoms. The number of hydrogen-bond acceptors (Lipinski definition) is 3. The highest BCUT2D eigenvalue weighted by Gasteiger charge is 2.10. The fourth-order valence-electron chi connectivity index (χ4n) is 2.10. The minimum absolute atomic E-state index is 0.457. The monoisotopic (exact) mass is 260 g/mol. The van der Waals surface area contributed by atoms with Crippen LogP contribution in [0.2, 0.25) is 0 Å². The Balaban J connectivity index is 2.14. The van der Waals surface area contributed by atoms with Gasteiger partial charge in [-0.05, 0) is 32.9 Å². The van der Waals surface area contributed by atoms with E-state index in [1.807, 2.05) is 41.9 Å². The molecular formula is C15H20N2O2. The van der Waals surface area contributed by atoms with E-state index in [4.69, 9.17) is 4.74 Å². The summed E-state index contributed by atoms with van der Waals surface area (Å²) in [4.78, 5) is 0. The molecule has 0 aliphatic rings.